The van der Waals surface area contributed by atoms with Gasteiger partial charge in [0.2, 0.25) is 5.91 Å². The van der Waals surface area contributed by atoms with Gasteiger partial charge >= 0.3 is 0 Å². The Bertz CT molecular complexity index is 1270. The summed E-state index contributed by atoms with van der Waals surface area (Å²) < 4.78 is 5.13. The average Bonchev–Trinajstić information content (AvgIpc) is 2.82. The molecule has 1 unspecified atom stereocenters. The zero-order valence-electron chi connectivity index (χ0n) is 17.7. The number of aromatic nitrogens is 2. The number of carbonyl (C=O) groups is 1. The van der Waals surface area contributed by atoms with Crippen molar-refractivity contribution in [1.82, 2.24) is 9.97 Å². The van der Waals surface area contributed by atoms with Gasteiger partial charge in [0.15, 0.2) is 5.16 Å². The highest BCUT2D eigenvalue weighted by atomic mass is 32.2. The minimum absolute atomic E-state index is 0.0835. The molecule has 1 amide bonds. The predicted octanol–water partition coefficient (Wildman–Crippen LogP) is 3.73. The first kappa shape index (κ1) is 23.5. The topological polar surface area (TPSA) is 151 Å². The standard InChI is InChI=1S/C22H19N5O5S/c1-3-18(21(29)24-14-6-8-15(9-7-14)27(30)31)33-22-25-19(17(12-23)20(28)26-22)13-4-10-16(32-2)11-5-13/h4-11,18H,3H2,1-2H3,(H,24,29)(H,25,26,28). The van der Waals surface area contributed by atoms with Gasteiger partial charge in [-0.25, -0.2) is 4.98 Å². The molecule has 0 fully saturated rings. The number of nitrogens with zero attached hydrogens (tertiary/aromatic N) is 3. The molecular weight excluding hydrogens is 446 g/mol. The van der Waals surface area contributed by atoms with Gasteiger partial charge < -0.3 is 15.0 Å². The number of amides is 1. The van der Waals surface area contributed by atoms with Gasteiger partial charge in [0.1, 0.15) is 17.4 Å². The van der Waals surface area contributed by atoms with Gasteiger partial charge in [-0.05, 0) is 42.8 Å². The van der Waals surface area contributed by atoms with Crippen molar-refractivity contribution in [2.45, 2.75) is 23.8 Å². The highest BCUT2D eigenvalue weighted by Crippen LogP contribution is 2.27. The zero-order chi connectivity index (χ0) is 24.0. The third-order valence-corrected chi connectivity index (χ3v) is 5.88. The first-order chi connectivity index (χ1) is 15.9. The van der Waals surface area contributed by atoms with Crippen LogP contribution >= 0.6 is 11.8 Å². The lowest BCUT2D eigenvalue weighted by atomic mass is 10.1. The molecule has 0 radical (unpaired) electrons. The van der Waals surface area contributed by atoms with E-state index in [2.05, 4.69) is 15.3 Å². The number of hydrogen-bond donors (Lipinski definition) is 2. The van der Waals surface area contributed by atoms with E-state index in [1.807, 2.05) is 6.07 Å². The number of nitro groups is 1. The molecule has 168 valence electrons. The van der Waals surface area contributed by atoms with E-state index in [4.69, 9.17) is 4.74 Å². The number of ether oxygens (including phenoxy) is 1. The lowest BCUT2D eigenvalue weighted by molar-refractivity contribution is -0.384. The van der Waals surface area contributed by atoms with Gasteiger partial charge in [-0.15, -0.1) is 0 Å². The summed E-state index contributed by atoms with van der Waals surface area (Å²) in [6.07, 6.45) is 0.422. The second-order valence-electron chi connectivity index (χ2n) is 6.74. The number of benzene rings is 2. The van der Waals surface area contributed by atoms with Crippen LogP contribution in [0, 0.1) is 21.4 Å². The Morgan fingerprint density at radius 1 is 1.27 bits per heavy atom. The summed E-state index contributed by atoms with van der Waals surface area (Å²) in [5, 5.41) is 22.5. The zero-order valence-corrected chi connectivity index (χ0v) is 18.5. The molecule has 0 aliphatic carbocycles. The van der Waals surface area contributed by atoms with E-state index in [1.165, 1.54) is 31.4 Å². The van der Waals surface area contributed by atoms with Gasteiger partial charge in [-0.3, -0.25) is 19.7 Å². The SMILES string of the molecule is CCC(Sc1nc(-c2ccc(OC)cc2)c(C#N)c(=O)[nH]1)C(=O)Nc1ccc([N+](=O)[O-])cc1. The van der Waals surface area contributed by atoms with Gasteiger partial charge in [0, 0.05) is 23.4 Å². The van der Waals surface area contributed by atoms with Gasteiger partial charge in [-0.1, -0.05) is 18.7 Å². The molecule has 3 aromatic rings. The fourth-order valence-corrected chi connectivity index (χ4v) is 3.81. The molecule has 2 N–H and O–H groups in total. The summed E-state index contributed by atoms with van der Waals surface area (Å²) >= 11 is 1.05. The van der Waals surface area contributed by atoms with E-state index in [1.54, 1.807) is 31.2 Å². The number of nitro benzene ring substituents is 1. The molecule has 3 rings (SSSR count). The maximum atomic E-state index is 12.7. The van der Waals surface area contributed by atoms with Crippen LogP contribution in [0.1, 0.15) is 18.9 Å². The molecule has 0 aliphatic heterocycles. The Kier molecular flexibility index (Phi) is 7.42. The van der Waals surface area contributed by atoms with E-state index >= 15 is 0 Å². The second kappa shape index (κ2) is 10.4. The first-order valence-corrected chi connectivity index (χ1v) is 10.6. The Hall–Kier alpha value is -4.17. The van der Waals surface area contributed by atoms with Crippen LogP contribution in [0.2, 0.25) is 0 Å². The molecule has 1 aromatic heterocycles. The number of hydrogen-bond acceptors (Lipinski definition) is 8. The summed E-state index contributed by atoms with van der Waals surface area (Å²) in [7, 11) is 1.53. The Morgan fingerprint density at radius 3 is 2.48 bits per heavy atom. The quantitative estimate of drug-likeness (QED) is 0.221. The summed E-state index contributed by atoms with van der Waals surface area (Å²) in [4.78, 5) is 42.5. The van der Waals surface area contributed by atoms with Crippen molar-refractivity contribution in [3.63, 3.8) is 0 Å². The molecule has 0 saturated carbocycles. The normalized spacial score (nSPS) is 11.3. The monoisotopic (exact) mass is 465 g/mol. The third kappa shape index (κ3) is 5.55. The summed E-state index contributed by atoms with van der Waals surface area (Å²) in [5.41, 5.74) is 0.352. The molecule has 10 nitrogen and oxygen atoms in total. The summed E-state index contributed by atoms with van der Waals surface area (Å²) in [6.45, 7) is 1.80. The molecular formula is C22H19N5O5S. The lowest BCUT2D eigenvalue weighted by Crippen LogP contribution is -2.25. The van der Waals surface area contributed by atoms with Crippen molar-refractivity contribution in [1.29, 1.82) is 5.26 Å². The maximum absolute atomic E-state index is 12.7. The number of H-pyrrole nitrogens is 1. The number of nitriles is 1. The van der Waals surface area contributed by atoms with Crippen molar-refractivity contribution in [2.75, 3.05) is 12.4 Å². The predicted molar refractivity (Wildman–Crippen MR) is 123 cm³/mol. The van der Waals surface area contributed by atoms with E-state index < -0.39 is 15.7 Å². The van der Waals surface area contributed by atoms with Crippen LogP contribution in [0.4, 0.5) is 11.4 Å². The van der Waals surface area contributed by atoms with Crippen LogP contribution in [-0.2, 0) is 4.79 Å². The highest BCUT2D eigenvalue weighted by Gasteiger charge is 2.22. The van der Waals surface area contributed by atoms with Crippen LogP contribution in [0.15, 0.2) is 58.5 Å². The molecule has 0 spiro atoms. The van der Waals surface area contributed by atoms with Crippen LogP contribution in [0.3, 0.4) is 0 Å². The molecule has 0 aliphatic rings. The van der Waals surface area contributed by atoms with Crippen molar-refractivity contribution in [2.24, 2.45) is 0 Å². The Morgan fingerprint density at radius 2 is 1.94 bits per heavy atom. The van der Waals surface area contributed by atoms with Crippen LogP contribution in [0.25, 0.3) is 11.3 Å². The number of nitrogens with one attached hydrogen (secondary N) is 2. The van der Waals surface area contributed by atoms with E-state index in [0.717, 1.165) is 11.8 Å². The fourth-order valence-electron chi connectivity index (χ4n) is 2.92. The number of non-ortho nitro benzene ring substituents is 1. The minimum atomic E-state index is -0.611. The third-order valence-electron chi connectivity index (χ3n) is 4.64. The number of thioether (sulfide) groups is 1. The van der Waals surface area contributed by atoms with Crippen LogP contribution in [-0.4, -0.2) is 33.2 Å². The van der Waals surface area contributed by atoms with Crippen molar-refractivity contribution in [3.05, 3.63) is 74.6 Å². The largest absolute Gasteiger partial charge is 0.497 e. The number of methoxy groups -OCH3 is 1. The second-order valence-corrected chi connectivity index (χ2v) is 7.93. The molecule has 33 heavy (non-hydrogen) atoms. The van der Waals surface area contributed by atoms with E-state index in [-0.39, 0.29) is 28.0 Å². The van der Waals surface area contributed by atoms with Crippen LogP contribution in [0.5, 0.6) is 5.75 Å². The fraction of sp³-hybridized carbons (Fsp3) is 0.182. The lowest BCUT2D eigenvalue weighted by Gasteiger charge is -2.15. The van der Waals surface area contributed by atoms with Crippen molar-refractivity contribution >= 4 is 29.0 Å². The molecule has 1 heterocycles. The summed E-state index contributed by atoms with van der Waals surface area (Å²) in [5.74, 6) is 0.264. The minimum Gasteiger partial charge on any atom is -0.497 e. The molecule has 0 bridgehead atoms. The molecule has 0 saturated heterocycles. The van der Waals surface area contributed by atoms with Gasteiger partial charge in [-0.2, -0.15) is 5.26 Å². The number of aromatic amines is 1. The Labute approximate surface area is 192 Å². The smallest absolute Gasteiger partial charge is 0.270 e. The number of anilines is 1. The number of rotatable bonds is 8. The van der Waals surface area contributed by atoms with Crippen LogP contribution < -0.4 is 15.6 Å². The van der Waals surface area contributed by atoms with Gasteiger partial charge in [0.05, 0.1) is 23.0 Å². The summed E-state index contributed by atoms with van der Waals surface area (Å²) in [6, 6.07) is 14.1. The van der Waals surface area contributed by atoms with Crippen molar-refractivity contribution < 1.29 is 14.5 Å². The average molecular weight is 465 g/mol. The first-order valence-electron chi connectivity index (χ1n) is 9.77. The molecule has 1 atom stereocenters. The van der Waals surface area contributed by atoms with E-state index in [0.29, 0.717) is 23.4 Å². The number of carbonyl (C=O) groups excluding carboxylic acids is 1. The molecule has 11 heteroatoms. The van der Waals surface area contributed by atoms with Crippen molar-refractivity contribution in [3.8, 4) is 23.1 Å². The Balaban J connectivity index is 1.84. The van der Waals surface area contributed by atoms with Gasteiger partial charge in [0.25, 0.3) is 11.2 Å². The highest BCUT2D eigenvalue weighted by molar-refractivity contribution is 8.00. The maximum Gasteiger partial charge on any atom is 0.270 e. The van der Waals surface area contributed by atoms with E-state index in [9.17, 15) is 25.0 Å². The molecule has 2 aromatic carbocycles.